The highest BCUT2D eigenvalue weighted by Crippen LogP contribution is 2.18. The minimum atomic E-state index is -3.54. The van der Waals surface area contributed by atoms with Crippen LogP contribution in [-0.4, -0.2) is 50.2 Å². The largest absolute Gasteiger partial charge is 0.353 e. The van der Waals surface area contributed by atoms with Crippen LogP contribution in [0.3, 0.4) is 0 Å². The van der Waals surface area contributed by atoms with Gasteiger partial charge in [0, 0.05) is 37.7 Å². The van der Waals surface area contributed by atoms with E-state index in [0.29, 0.717) is 18.7 Å². The molecule has 1 aliphatic rings. The summed E-state index contributed by atoms with van der Waals surface area (Å²) in [6, 6.07) is 6.13. The number of carbonyl (C=O) groups excluding carboxylic acids is 2. The van der Waals surface area contributed by atoms with Crippen LogP contribution in [0.5, 0.6) is 0 Å². The van der Waals surface area contributed by atoms with Crippen molar-refractivity contribution in [1.82, 2.24) is 14.9 Å². The lowest BCUT2D eigenvalue weighted by Crippen LogP contribution is -2.38. The van der Waals surface area contributed by atoms with E-state index in [1.165, 1.54) is 35.0 Å². The average Bonchev–Trinajstić information content (AvgIpc) is 2.69. The Balaban J connectivity index is 1.83. The average molecular weight is 410 g/mol. The number of nitrogens with one attached hydrogen (secondary N) is 2. The lowest BCUT2D eigenvalue weighted by molar-refractivity contribution is -0.121. The van der Waals surface area contributed by atoms with Gasteiger partial charge in [0.25, 0.3) is 5.91 Å². The molecule has 0 bridgehead atoms. The summed E-state index contributed by atoms with van der Waals surface area (Å²) >= 11 is 0. The maximum Gasteiger partial charge on any atom is 0.251 e. The Kier molecular flexibility index (Phi) is 8.44. The van der Waals surface area contributed by atoms with E-state index in [4.69, 9.17) is 0 Å². The third-order valence-corrected chi connectivity index (χ3v) is 7.13. The molecule has 8 heteroatoms. The molecular weight excluding hydrogens is 378 g/mol. The van der Waals surface area contributed by atoms with Gasteiger partial charge in [0.1, 0.15) is 0 Å². The number of benzene rings is 1. The van der Waals surface area contributed by atoms with E-state index in [2.05, 4.69) is 10.6 Å². The van der Waals surface area contributed by atoms with Crippen LogP contribution in [0.15, 0.2) is 29.2 Å². The summed E-state index contributed by atoms with van der Waals surface area (Å²) in [5, 5.41) is 5.73. The van der Waals surface area contributed by atoms with Gasteiger partial charge in [0.05, 0.1) is 4.90 Å². The second-order valence-electron chi connectivity index (χ2n) is 7.02. The van der Waals surface area contributed by atoms with E-state index >= 15 is 0 Å². The summed E-state index contributed by atoms with van der Waals surface area (Å²) in [7, 11) is -3.54. The van der Waals surface area contributed by atoms with E-state index in [1.54, 1.807) is 13.8 Å². The van der Waals surface area contributed by atoms with Crippen LogP contribution >= 0.6 is 0 Å². The Labute approximate surface area is 167 Å². The van der Waals surface area contributed by atoms with E-state index < -0.39 is 10.0 Å². The first-order chi connectivity index (χ1) is 13.4. The van der Waals surface area contributed by atoms with Gasteiger partial charge in [-0.1, -0.05) is 33.1 Å². The molecular formula is C20H31N3O4S. The zero-order valence-electron chi connectivity index (χ0n) is 16.7. The van der Waals surface area contributed by atoms with Gasteiger partial charge in [-0.05, 0) is 37.1 Å². The smallest absolute Gasteiger partial charge is 0.251 e. The third kappa shape index (κ3) is 6.04. The number of rotatable bonds is 9. The predicted octanol–water partition coefficient (Wildman–Crippen LogP) is 2.29. The molecule has 2 N–H and O–H groups in total. The SMILES string of the molecule is CCN(CC)S(=O)(=O)c1ccc(C(=O)NCCC(=O)NC2CCCCC2)cc1. The molecule has 2 amide bonds. The van der Waals surface area contributed by atoms with Gasteiger partial charge >= 0.3 is 0 Å². The van der Waals surface area contributed by atoms with Crippen molar-refractivity contribution < 1.29 is 18.0 Å². The van der Waals surface area contributed by atoms with Crippen molar-refractivity contribution in [2.45, 2.75) is 63.3 Å². The zero-order valence-corrected chi connectivity index (χ0v) is 17.6. The second-order valence-corrected chi connectivity index (χ2v) is 8.96. The summed E-state index contributed by atoms with van der Waals surface area (Å²) in [6.07, 6.45) is 5.83. The molecule has 0 heterocycles. The molecule has 7 nitrogen and oxygen atoms in total. The molecule has 1 aromatic rings. The van der Waals surface area contributed by atoms with Gasteiger partial charge in [-0.3, -0.25) is 9.59 Å². The van der Waals surface area contributed by atoms with Crippen LogP contribution < -0.4 is 10.6 Å². The van der Waals surface area contributed by atoms with Gasteiger partial charge in [-0.25, -0.2) is 8.42 Å². The Morgan fingerprint density at radius 3 is 2.21 bits per heavy atom. The van der Waals surface area contributed by atoms with Crippen molar-refractivity contribution in [3.63, 3.8) is 0 Å². The van der Waals surface area contributed by atoms with Crippen LogP contribution in [0, 0.1) is 0 Å². The van der Waals surface area contributed by atoms with Gasteiger partial charge in [0.2, 0.25) is 15.9 Å². The number of nitrogens with zero attached hydrogens (tertiary/aromatic N) is 1. The van der Waals surface area contributed by atoms with Crippen molar-refractivity contribution in [3.8, 4) is 0 Å². The van der Waals surface area contributed by atoms with Crippen LogP contribution in [0.4, 0.5) is 0 Å². The molecule has 1 aliphatic carbocycles. The number of hydrogen-bond donors (Lipinski definition) is 2. The fourth-order valence-electron chi connectivity index (χ4n) is 3.43. The Morgan fingerprint density at radius 1 is 1.04 bits per heavy atom. The molecule has 0 aliphatic heterocycles. The van der Waals surface area contributed by atoms with Crippen LogP contribution in [-0.2, 0) is 14.8 Å². The summed E-state index contributed by atoms with van der Waals surface area (Å²) in [5.74, 6) is -0.370. The van der Waals surface area contributed by atoms with Crippen LogP contribution in [0.2, 0.25) is 0 Å². The second kappa shape index (κ2) is 10.6. The van der Waals surface area contributed by atoms with Crippen molar-refractivity contribution >= 4 is 21.8 Å². The van der Waals surface area contributed by atoms with Crippen molar-refractivity contribution in [1.29, 1.82) is 0 Å². The minimum absolute atomic E-state index is 0.0483. The minimum Gasteiger partial charge on any atom is -0.353 e. The summed E-state index contributed by atoms with van der Waals surface area (Å²) in [4.78, 5) is 24.4. The van der Waals surface area contributed by atoms with Gasteiger partial charge in [0.15, 0.2) is 0 Å². The molecule has 1 saturated carbocycles. The first kappa shape index (κ1) is 22.4. The van der Waals surface area contributed by atoms with E-state index in [1.807, 2.05) is 0 Å². The molecule has 0 saturated heterocycles. The van der Waals surface area contributed by atoms with Gasteiger partial charge in [-0.2, -0.15) is 4.31 Å². The number of hydrogen-bond acceptors (Lipinski definition) is 4. The molecule has 0 atom stereocenters. The van der Waals surface area contributed by atoms with Crippen molar-refractivity contribution in [2.75, 3.05) is 19.6 Å². The molecule has 0 radical (unpaired) electrons. The van der Waals surface area contributed by atoms with E-state index in [0.717, 1.165) is 25.7 Å². The summed E-state index contributed by atoms with van der Waals surface area (Å²) in [6.45, 7) is 4.60. The standard InChI is InChI=1S/C20H31N3O4S/c1-3-23(4-2)28(26,27)18-12-10-16(11-13-18)20(25)21-15-14-19(24)22-17-8-6-5-7-9-17/h10-13,17H,3-9,14-15H2,1-2H3,(H,21,25)(H,22,24). The molecule has 2 rings (SSSR count). The molecule has 0 aromatic heterocycles. The topological polar surface area (TPSA) is 95.6 Å². The lowest BCUT2D eigenvalue weighted by Gasteiger charge is -2.22. The van der Waals surface area contributed by atoms with E-state index in [9.17, 15) is 18.0 Å². The van der Waals surface area contributed by atoms with Gasteiger partial charge < -0.3 is 10.6 Å². The highest BCUT2D eigenvalue weighted by atomic mass is 32.2. The maximum atomic E-state index is 12.5. The molecule has 0 unspecified atom stereocenters. The first-order valence-electron chi connectivity index (χ1n) is 10.1. The quantitative estimate of drug-likeness (QED) is 0.654. The monoisotopic (exact) mass is 409 g/mol. The molecule has 0 spiro atoms. The van der Waals surface area contributed by atoms with Crippen LogP contribution in [0.1, 0.15) is 62.7 Å². The molecule has 1 aromatic carbocycles. The number of amides is 2. The molecule has 156 valence electrons. The van der Waals surface area contributed by atoms with E-state index in [-0.39, 0.29) is 35.7 Å². The predicted molar refractivity (Wildman–Crippen MR) is 109 cm³/mol. The number of sulfonamides is 1. The fraction of sp³-hybridized carbons (Fsp3) is 0.600. The lowest BCUT2D eigenvalue weighted by atomic mass is 9.95. The molecule has 1 fully saturated rings. The maximum absolute atomic E-state index is 12.5. The van der Waals surface area contributed by atoms with Crippen molar-refractivity contribution in [3.05, 3.63) is 29.8 Å². The summed E-state index contributed by atoms with van der Waals surface area (Å²) < 4.78 is 26.3. The Bertz CT molecular complexity index is 752. The normalized spacial score (nSPS) is 15.4. The zero-order chi connectivity index (χ0) is 20.6. The highest BCUT2D eigenvalue weighted by molar-refractivity contribution is 7.89. The Hall–Kier alpha value is -1.93. The van der Waals surface area contributed by atoms with Gasteiger partial charge in [-0.15, -0.1) is 0 Å². The number of carbonyl (C=O) groups is 2. The first-order valence-corrected chi connectivity index (χ1v) is 11.5. The molecule has 28 heavy (non-hydrogen) atoms. The third-order valence-electron chi connectivity index (χ3n) is 5.07. The van der Waals surface area contributed by atoms with Crippen LogP contribution in [0.25, 0.3) is 0 Å². The fourth-order valence-corrected chi connectivity index (χ4v) is 4.89. The van der Waals surface area contributed by atoms with Crippen molar-refractivity contribution in [2.24, 2.45) is 0 Å². The Morgan fingerprint density at radius 2 is 1.64 bits per heavy atom. The summed E-state index contributed by atoms with van der Waals surface area (Å²) in [5.41, 5.74) is 0.367. The highest BCUT2D eigenvalue weighted by Gasteiger charge is 2.21.